The molecule has 0 bridgehead atoms. The van der Waals surface area contributed by atoms with Gasteiger partial charge in [0.15, 0.2) is 0 Å². The number of aryl methyl sites for hydroxylation is 1. The molecule has 0 saturated heterocycles. The highest BCUT2D eigenvalue weighted by atomic mass is 35.5. The van der Waals surface area contributed by atoms with Crippen LogP contribution in [0.25, 0.3) is 11.0 Å². The third-order valence-electron chi connectivity index (χ3n) is 3.79. The van der Waals surface area contributed by atoms with Gasteiger partial charge < -0.3 is 9.15 Å². The third kappa shape index (κ3) is 4.03. The molecule has 0 radical (unpaired) electrons. The molecule has 0 saturated carbocycles. The van der Waals surface area contributed by atoms with Crippen LogP contribution in [0, 0.1) is 6.92 Å². The summed E-state index contributed by atoms with van der Waals surface area (Å²) < 4.78 is 10.5. The third-order valence-corrected chi connectivity index (χ3v) is 4.57. The molecule has 128 valence electrons. The van der Waals surface area contributed by atoms with E-state index in [1.807, 2.05) is 6.92 Å². The first-order valence-electron chi connectivity index (χ1n) is 7.56. The molecule has 0 atom stereocenters. The van der Waals surface area contributed by atoms with E-state index in [0.29, 0.717) is 32.1 Å². The molecule has 25 heavy (non-hydrogen) atoms. The second-order valence-electron chi connectivity index (χ2n) is 5.62. The molecule has 3 rings (SSSR count). The standard InChI is InChI=1S/C19H14Cl2O4/c1-11-6-17-14(9-16(11)21)13(8-19(23)25-17)10-24-18(22)7-12-4-2-3-5-15(12)20/h2-6,8-9H,7,10H2,1H3. The van der Waals surface area contributed by atoms with E-state index in [2.05, 4.69) is 0 Å². The van der Waals surface area contributed by atoms with E-state index >= 15 is 0 Å². The number of fused-ring (bicyclic) bond motifs is 1. The van der Waals surface area contributed by atoms with Crippen molar-refractivity contribution in [1.82, 2.24) is 0 Å². The number of carbonyl (C=O) groups excluding carboxylic acids is 1. The molecular formula is C19H14Cl2O4. The number of hydrogen-bond donors (Lipinski definition) is 0. The Morgan fingerprint density at radius 1 is 1.08 bits per heavy atom. The molecule has 0 fully saturated rings. The van der Waals surface area contributed by atoms with E-state index in [1.54, 1.807) is 36.4 Å². The van der Waals surface area contributed by atoms with Gasteiger partial charge in [-0.3, -0.25) is 4.79 Å². The number of benzene rings is 2. The normalized spacial score (nSPS) is 10.8. The number of ether oxygens (including phenoxy) is 1. The van der Waals surface area contributed by atoms with Crippen LogP contribution in [0.2, 0.25) is 10.0 Å². The van der Waals surface area contributed by atoms with Crippen molar-refractivity contribution in [1.29, 1.82) is 0 Å². The van der Waals surface area contributed by atoms with Crippen LogP contribution in [-0.4, -0.2) is 5.97 Å². The Labute approximate surface area is 153 Å². The number of rotatable bonds is 4. The molecule has 0 aliphatic carbocycles. The second-order valence-corrected chi connectivity index (χ2v) is 6.43. The van der Waals surface area contributed by atoms with Gasteiger partial charge in [0.2, 0.25) is 0 Å². The van der Waals surface area contributed by atoms with Gasteiger partial charge in [-0.05, 0) is 36.2 Å². The molecule has 0 amide bonds. The Hall–Kier alpha value is -2.30. The van der Waals surface area contributed by atoms with Gasteiger partial charge in [-0.2, -0.15) is 0 Å². The lowest BCUT2D eigenvalue weighted by Gasteiger charge is -2.09. The lowest BCUT2D eigenvalue weighted by molar-refractivity contribution is -0.144. The monoisotopic (exact) mass is 376 g/mol. The molecule has 0 spiro atoms. The average molecular weight is 377 g/mol. The smallest absolute Gasteiger partial charge is 0.336 e. The first-order valence-corrected chi connectivity index (χ1v) is 8.31. The predicted molar refractivity (Wildman–Crippen MR) is 97.2 cm³/mol. The first-order chi connectivity index (χ1) is 11.9. The van der Waals surface area contributed by atoms with Crippen LogP contribution in [0.3, 0.4) is 0 Å². The lowest BCUT2D eigenvalue weighted by Crippen LogP contribution is -2.10. The van der Waals surface area contributed by atoms with Gasteiger partial charge >= 0.3 is 11.6 Å². The molecule has 1 aromatic heterocycles. The highest BCUT2D eigenvalue weighted by molar-refractivity contribution is 6.32. The Bertz CT molecular complexity index is 1010. The summed E-state index contributed by atoms with van der Waals surface area (Å²) in [5.41, 5.74) is 1.93. The van der Waals surface area contributed by atoms with Gasteiger partial charge in [0.1, 0.15) is 12.2 Å². The first kappa shape index (κ1) is 17.5. The summed E-state index contributed by atoms with van der Waals surface area (Å²) in [7, 11) is 0. The number of halogens is 2. The molecule has 4 nitrogen and oxygen atoms in total. The van der Waals surface area contributed by atoms with Crippen molar-refractivity contribution in [2.24, 2.45) is 0 Å². The molecule has 0 aliphatic rings. The van der Waals surface area contributed by atoms with Gasteiger partial charge in [-0.25, -0.2) is 4.79 Å². The van der Waals surface area contributed by atoms with Gasteiger partial charge in [0.05, 0.1) is 6.42 Å². The Kier molecular flexibility index (Phi) is 5.11. The van der Waals surface area contributed by atoms with Gasteiger partial charge in [0.25, 0.3) is 0 Å². The topological polar surface area (TPSA) is 56.5 Å². The van der Waals surface area contributed by atoms with Gasteiger partial charge in [-0.15, -0.1) is 0 Å². The Balaban J connectivity index is 1.81. The van der Waals surface area contributed by atoms with Crippen molar-refractivity contribution in [3.8, 4) is 0 Å². The van der Waals surface area contributed by atoms with E-state index in [1.165, 1.54) is 6.07 Å². The second kappa shape index (κ2) is 7.30. The molecular weight excluding hydrogens is 363 g/mol. The van der Waals surface area contributed by atoms with Crippen molar-refractivity contribution < 1.29 is 13.9 Å². The van der Waals surface area contributed by atoms with E-state index in [4.69, 9.17) is 32.4 Å². The van der Waals surface area contributed by atoms with Crippen LogP contribution >= 0.6 is 23.2 Å². The van der Waals surface area contributed by atoms with Crippen LogP contribution in [-0.2, 0) is 22.6 Å². The van der Waals surface area contributed by atoms with E-state index in [9.17, 15) is 9.59 Å². The van der Waals surface area contributed by atoms with Crippen molar-refractivity contribution >= 4 is 40.1 Å². The van der Waals surface area contributed by atoms with Crippen molar-refractivity contribution in [2.45, 2.75) is 20.0 Å². The van der Waals surface area contributed by atoms with Crippen LogP contribution in [0.4, 0.5) is 0 Å². The summed E-state index contributed by atoms with van der Waals surface area (Å²) in [6.07, 6.45) is 0.0545. The maximum Gasteiger partial charge on any atom is 0.336 e. The van der Waals surface area contributed by atoms with Crippen molar-refractivity contribution in [2.75, 3.05) is 0 Å². The fraction of sp³-hybridized carbons (Fsp3) is 0.158. The Morgan fingerprint density at radius 2 is 1.84 bits per heavy atom. The summed E-state index contributed by atoms with van der Waals surface area (Å²) in [6, 6.07) is 11.8. The maximum atomic E-state index is 12.1. The number of esters is 1. The van der Waals surface area contributed by atoms with Gasteiger partial charge in [0, 0.05) is 27.1 Å². The molecule has 3 aromatic rings. The van der Waals surface area contributed by atoms with Crippen LogP contribution in [0.15, 0.2) is 51.7 Å². The zero-order valence-corrected chi connectivity index (χ0v) is 14.9. The van der Waals surface area contributed by atoms with E-state index in [0.717, 1.165) is 5.56 Å². The molecule has 1 heterocycles. The molecule has 0 N–H and O–H groups in total. The average Bonchev–Trinajstić information content (AvgIpc) is 2.56. The predicted octanol–water partition coefficient (Wildman–Crippen LogP) is 4.69. The van der Waals surface area contributed by atoms with Crippen molar-refractivity contribution in [3.05, 3.63) is 79.6 Å². The van der Waals surface area contributed by atoms with Crippen LogP contribution in [0.1, 0.15) is 16.7 Å². The minimum Gasteiger partial charge on any atom is -0.461 e. The summed E-state index contributed by atoms with van der Waals surface area (Å²) in [4.78, 5) is 23.8. The number of hydrogen-bond acceptors (Lipinski definition) is 4. The van der Waals surface area contributed by atoms with E-state index < -0.39 is 11.6 Å². The summed E-state index contributed by atoms with van der Waals surface area (Å²) in [6.45, 7) is 1.77. The fourth-order valence-electron chi connectivity index (χ4n) is 2.47. The number of carbonyl (C=O) groups is 1. The maximum absolute atomic E-state index is 12.1. The highest BCUT2D eigenvalue weighted by Gasteiger charge is 2.12. The minimum atomic E-state index is -0.508. The summed E-state index contributed by atoms with van der Waals surface area (Å²) >= 11 is 12.2. The molecule has 2 aromatic carbocycles. The Morgan fingerprint density at radius 3 is 2.60 bits per heavy atom. The molecule has 0 unspecified atom stereocenters. The van der Waals surface area contributed by atoms with Crippen molar-refractivity contribution in [3.63, 3.8) is 0 Å². The van der Waals surface area contributed by atoms with Gasteiger partial charge in [-0.1, -0.05) is 41.4 Å². The highest BCUT2D eigenvalue weighted by Crippen LogP contribution is 2.25. The quantitative estimate of drug-likeness (QED) is 0.489. The zero-order chi connectivity index (χ0) is 18.0. The SMILES string of the molecule is Cc1cc2oc(=O)cc(COC(=O)Cc3ccccc3Cl)c2cc1Cl. The molecule has 6 heteroatoms. The van der Waals surface area contributed by atoms with Crippen LogP contribution < -0.4 is 5.63 Å². The lowest BCUT2D eigenvalue weighted by atomic mass is 10.1. The molecule has 0 aliphatic heterocycles. The fourth-order valence-corrected chi connectivity index (χ4v) is 2.84. The minimum absolute atomic E-state index is 0.0508. The van der Waals surface area contributed by atoms with E-state index in [-0.39, 0.29) is 13.0 Å². The largest absolute Gasteiger partial charge is 0.461 e. The zero-order valence-electron chi connectivity index (χ0n) is 13.3. The summed E-state index contributed by atoms with van der Waals surface area (Å²) in [5, 5.41) is 1.69. The van der Waals surface area contributed by atoms with Crippen LogP contribution in [0.5, 0.6) is 0 Å². The summed E-state index contributed by atoms with van der Waals surface area (Å²) in [5.74, 6) is -0.437.